The average Bonchev–Trinajstić information content (AvgIpc) is 3.06. The number of halogens is 1. The highest BCUT2D eigenvalue weighted by Gasteiger charge is 2.27. The van der Waals surface area contributed by atoms with Crippen molar-refractivity contribution in [2.24, 2.45) is 18.9 Å². The smallest absolute Gasteiger partial charge is 0.0847 e. The third-order valence-electron chi connectivity index (χ3n) is 4.67. The molecule has 0 aliphatic heterocycles. The van der Waals surface area contributed by atoms with Crippen molar-refractivity contribution >= 4 is 11.6 Å². The first-order valence-corrected chi connectivity index (χ1v) is 8.39. The van der Waals surface area contributed by atoms with Gasteiger partial charge in [-0.3, -0.25) is 4.68 Å². The van der Waals surface area contributed by atoms with E-state index in [4.69, 9.17) is 16.3 Å². The minimum atomic E-state index is 0.636. The van der Waals surface area contributed by atoms with Crippen LogP contribution >= 0.6 is 11.6 Å². The maximum absolute atomic E-state index is 6.42. The molecule has 1 fully saturated rings. The number of hydrogen-bond acceptors (Lipinski definition) is 3. The van der Waals surface area contributed by atoms with Crippen LogP contribution in [0.25, 0.3) is 0 Å². The Hall–Kier alpha value is -0.580. The van der Waals surface area contributed by atoms with Crippen molar-refractivity contribution < 1.29 is 4.74 Å². The highest BCUT2D eigenvalue weighted by atomic mass is 35.5. The van der Waals surface area contributed by atoms with Gasteiger partial charge in [0.25, 0.3) is 0 Å². The minimum Gasteiger partial charge on any atom is -0.383 e. The first-order chi connectivity index (χ1) is 10.1. The third kappa shape index (κ3) is 4.44. The standard InChI is InChI=1S/C16H28ClN3O/c1-12-16(17)15(20(2)19-12)10-14(11-18-8-9-21-3)13-6-4-5-7-13/h13-14,18H,4-11H2,1-3H3. The quantitative estimate of drug-likeness (QED) is 0.750. The van der Waals surface area contributed by atoms with Gasteiger partial charge in [-0.15, -0.1) is 0 Å². The second kappa shape index (κ2) is 8.16. The van der Waals surface area contributed by atoms with Gasteiger partial charge < -0.3 is 10.1 Å². The summed E-state index contributed by atoms with van der Waals surface area (Å²) in [5.74, 6) is 1.45. The number of nitrogens with zero attached hydrogens (tertiary/aromatic N) is 2. The van der Waals surface area contributed by atoms with Crippen LogP contribution in [0.15, 0.2) is 0 Å². The SMILES string of the molecule is COCCNCC(Cc1c(Cl)c(C)nn1C)C1CCCC1. The Kier molecular flexibility index (Phi) is 6.52. The van der Waals surface area contributed by atoms with Crippen LogP contribution in [0, 0.1) is 18.8 Å². The molecular formula is C16H28ClN3O. The van der Waals surface area contributed by atoms with E-state index >= 15 is 0 Å². The van der Waals surface area contributed by atoms with E-state index in [-0.39, 0.29) is 0 Å². The van der Waals surface area contributed by atoms with Crippen molar-refractivity contribution in [2.45, 2.75) is 39.0 Å². The van der Waals surface area contributed by atoms with Crippen LogP contribution in [0.1, 0.15) is 37.1 Å². The molecule has 1 N–H and O–H groups in total. The van der Waals surface area contributed by atoms with Crippen molar-refractivity contribution in [3.05, 3.63) is 16.4 Å². The lowest BCUT2D eigenvalue weighted by Crippen LogP contribution is -2.31. The first kappa shape index (κ1) is 16.8. The van der Waals surface area contributed by atoms with E-state index in [2.05, 4.69) is 10.4 Å². The van der Waals surface area contributed by atoms with E-state index in [1.807, 2.05) is 18.7 Å². The summed E-state index contributed by atoms with van der Waals surface area (Å²) in [6.45, 7) is 4.70. The van der Waals surface area contributed by atoms with Crippen LogP contribution < -0.4 is 5.32 Å². The van der Waals surface area contributed by atoms with Gasteiger partial charge in [-0.05, 0) is 31.7 Å². The van der Waals surface area contributed by atoms with Gasteiger partial charge in [0.1, 0.15) is 0 Å². The molecule has 2 rings (SSSR count). The van der Waals surface area contributed by atoms with Gasteiger partial charge in [0.05, 0.1) is 23.0 Å². The highest BCUT2D eigenvalue weighted by Crippen LogP contribution is 2.34. The Balaban J connectivity index is 2.00. The molecule has 1 aliphatic rings. The summed E-state index contributed by atoms with van der Waals surface area (Å²) in [6, 6.07) is 0. The Morgan fingerprint density at radius 3 is 2.71 bits per heavy atom. The topological polar surface area (TPSA) is 39.1 Å². The predicted molar refractivity (Wildman–Crippen MR) is 86.9 cm³/mol. The van der Waals surface area contributed by atoms with Crippen LogP contribution in [0.4, 0.5) is 0 Å². The average molecular weight is 314 g/mol. The summed E-state index contributed by atoms with van der Waals surface area (Å²) in [5.41, 5.74) is 2.12. The Bertz CT molecular complexity index is 441. The first-order valence-electron chi connectivity index (χ1n) is 8.01. The predicted octanol–water partition coefficient (Wildman–Crippen LogP) is 2.97. The Morgan fingerprint density at radius 1 is 1.43 bits per heavy atom. The fourth-order valence-corrected chi connectivity index (χ4v) is 3.68. The molecule has 0 amide bonds. The Labute approximate surface area is 133 Å². The van der Waals surface area contributed by atoms with E-state index < -0.39 is 0 Å². The number of ether oxygens (including phenoxy) is 1. The maximum atomic E-state index is 6.42. The Morgan fingerprint density at radius 2 is 2.14 bits per heavy atom. The monoisotopic (exact) mass is 313 g/mol. The van der Waals surface area contributed by atoms with Gasteiger partial charge in [-0.2, -0.15) is 5.10 Å². The van der Waals surface area contributed by atoms with Crippen molar-refractivity contribution in [3.8, 4) is 0 Å². The van der Waals surface area contributed by atoms with E-state index in [1.165, 1.54) is 31.4 Å². The zero-order valence-corrected chi connectivity index (χ0v) is 14.2. The van der Waals surface area contributed by atoms with Crippen LogP contribution in [0.2, 0.25) is 5.02 Å². The molecular weight excluding hydrogens is 286 g/mol. The number of aryl methyl sites for hydroxylation is 2. The lowest BCUT2D eigenvalue weighted by molar-refractivity contribution is 0.195. The fraction of sp³-hybridized carbons (Fsp3) is 0.812. The molecule has 1 aromatic heterocycles. The summed E-state index contributed by atoms with van der Waals surface area (Å²) < 4.78 is 7.06. The maximum Gasteiger partial charge on any atom is 0.0847 e. The van der Waals surface area contributed by atoms with Crippen molar-refractivity contribution in [3.63, 3.8) is 0 Å². The molecule has 1 unspecified atom stereocenters. The van der Waals surface area contributed by atoms with Crippen LogP contribution in [-0.2, 0) is 18.2 Å². The van der Waals surface area contributed by atoms with Gasteiger partial charge >= 0.3 is 0 Å². The molecule has 1 aromatic rings. The molecule has 0 aromatic carbocycles. The summed E-state index contributed by atoms with van der Waals surface area (Å²) in [5, 5.41) is 8.82. The number of nitrogens with one attached hydrogen (secondary N) is 1. The molecule has 5 heteroatoms. The van der Waals surface area contributed by atoms with Gasteiger partial charge in [0.15, 0.2) is 0 Å². The van der Waals surface area contributed by atoms with Gasteiger partial charge in [-0.1, -0.05) is 37.3 Å². The molecule has 0 radical (unpaired) electrons. The highest BCUT2D eigenvalue weighted by molar-refractivity contribution is 6.31. The van der Waals surface area contributed by atoms with Gasteiger partial charge in [0.2, 0.25) is 0 Å². The van der Waals surface area contributed by atoms with Gasteiger partial charge in [-0.25, -0.2) is 0 Å². The molecule has 4 nitrogen and oxygen atoms in total. The summed E-state index contributed by atoms with van der Waals surface area (Å²) in [6.07, 6.45) is 6.46. The molecule has 1 saturated carbocycles. The lowest BCUT2D eigenvalue weighted by atomic mass is 9.87. The number of methoxy groups -OCH3 is 1. The largest absolute Gasteiger partial charge is 0.383 e. The van der Waals surface area contributed by atoms with Crippen LogP contribution in [0.5, 0.6) is 0 Å². The summed E-state index contributed by atoms with van der Waals surface area (Å²) in [7, 11) is 3.74. The summed E-state index contributed by atoms with van der Waals surface area (Å²) in [4.78, 5) is 0. The molecule has 21 heavy (non-hydrogen) atoms. The lowest BCUT2D eigenvalue weighted by Gasteiger charge is -2.24. The molecule has 120 valence electrons. The van der Waals surface area contributed by atoms with E-state index in [0.29, 0.717) is 5.92 Å². The minimum absolute atomic E-state index is 0.636. The summed E-state index contributed by atoms with van der Waals surface area (Å²) >= 11 is 6.42. The fourth-order valence-electron chi connectivity index (χ4n) is 3.45. The normalized spacial score (nSPS) is 17.5. The molecule has 0 saturated heterocycles. The van der Waals surface area contributed by atoms with E-state index in [1.54, 1.807) is 7.11 Å². The van der Waals surface area contributed by atoms with Crippen LogP contribution in [0.3, 0.4) is 0 Å². The molecule has 0 spiro atoms. The molecule has 1 heterocycles. The second-order valence-corrected chi connectivity index (χ2v) is 6.55. The van der Waals surface area contributed by atoms with Gasteiger partial charge in [0, 0.05) is 20.7 Å². The van der Waals surface area contributed by atoms with Crippen molar-refractivity contribution in [1.29, 1.82) is 0 Å². The van der Waals surface area contributed by atoms with E-state index in [9.17, 15) is 0 Å². The number of hydrogen-bond donors (Lipinski definition) is 1. The second-order valence-electron chi connectivity index (χ2n) is 6.18. The number of rotatable bonds is 8. The zero-order valence-electron chi connectivity index (χ0n) is 13.5. The van der Waals surface area contributed by atoms with E-state index in [0.717, 1.165) is 42.8 Å². The van der Waals surface area contributed by atoms with Crippen molar-refractivity contribution in [1.82, 2.24) is 15.1 Å². The number of aromatic nitrogens is 2. The van der Waals surface area contributed by atoms with Crippen LogP contribution in [-0.4, -0.2) is 36.6 Å². The zero-order chi connectivity index (χ0) is 15.2. The molecule has 1 atom stereocenters. The third-order valence-corrected chi connectivity index (χ3v) is 5.16. The molecule has 1 aliphatic carbocycles. The molecule has 0 bridgehead atoms. The van der Waals surface area contributed by atoms with Crippen molar-refractivity contribution in [2.75, 3.05) is 26.8 Å².